The lowest BCUT2D eigenvalue weighted by Crippen LogP contribution is -2.50. The fourth-order valence-corrected chi connectivity index (χ4v) is 4.03. The maximum Gasteiger partial charge on any atom is 0.257 e. The molecule has 0 bridgehead atoms. The van der Waals surface area contributed by atoms with E-state index in [0.29, 0.717) is 54.4 Å². The Morgan fingerprint density at radius 3 is 3.00 bits per heavy atom. The van der Waals surface area contributed by atoms with Gasteiger partial charge in [-0.1, -0.05) is 11.2 Å². The zero-order valence-corrected chi connectivity index (χ0v) is 16.0. The summed E-state index contributed by atoms with van der Waals surface area (Å²) < 4.78 is 27.6. The lowest BCUT2D eigenvalue weighted by atomic mass is 10.1. The summed E-state index contributed by atoms with van der Waals surface area (Å²) in [7, 11) is 0. The summed E-state index contributed by atoms with van der Waals surface area (Å²) in [6, 6.07) is 4.73. The Morgan fingerprint density at radius 1 is 1.30 bits per heavy atom. The first-order valence-electron chi connectivity index (χ1n) is 10.0. The van der Waals surface area contributed by atoms with Gasteiger partial charge in [0.15, 0.2) is 0 Å². The molecular formula is C20H19FN6O3. The second kappa shape index (κ2) is 6.71. The van der Waals surface area contributed by atoms with Crippen LogP contribution in [0.15, 0.2) is 29.0 Å². The van der Waals surface area contributed by atoms with E-state index < -0.39 is 11.9 Å². The number of benzene rings is 1. The smallest absolute Gasteiger partial charge is 0.257 e. The topological polar surface area (TPSA) is 98.3 Å². The number of hydrogen-bond donors (Lipinski definition) is 1. The quantitative estimate of drug-likeness (QED) is 0.703. The van der Waals surface area contributed by atoms with Gasteiger partial charge in [0.05, 0.1) is 24.5 Å². The zero-order chi connectivity index (χ0) is 20.2. The van der Waals surface area contributed by atoms with Crippen molar-refractivity contribution in [2.45, 2.75) is 31.4 Å². The molecule has 10 heteroatoms. The van der Waals surface area contributed by atoms with Crippen molar-refractivity contribution >= 4 is 11.6 Å². The van der Waals surface area contributed by atoms with E-state index in [-0.39, 0.29) is 18.1 Å². The predicted octanol–water partition coefficient (Wildman–Crippen LogP) is 1.77. The maximum atomic E-state index is 14.8. The summed E-state index contributed by atoms with van der Waals surface area (Å²) in [5.41, 5.74) is 1.99. The van der Waals surface area contributed by atoms with Crippen LogP contribution in [0.1, 0.15) is 30.3 Å². The molecule has 9 nitrogen and oxygen atoms in total. The second-order valence-corrected chi connectivity index (χ2v) is 7.74. The minimum atomic E-state index is -0.671. The van der Waals surface area contributed by atoms with E-state index >= 15 is 0 Å². The molecule has 2 aromatic heterocycles. The summed E-state index contributed by atoms with van der Waals surface area (Å²) >= 11 is 0. The molecule has 1 amide bonds. The van der Waals surface area contributed by atoms with Crippen molar-refractivity contribution in [1.29, 1.82) is 0 Å². The van der Waals surface area contributed by atoms with Gasteiger partial charge in [-0.05, 0) is 25.0 Å². The van der Waals surface area contributed by atoms with Crippen LogP contribution >= 0.6 is 0 Å². The summed E-state index contributed by atoms with van der Waals surface area (Å²) in [5.74, 6) is 0.561. The number of carbonyl (C=O) groups is 1. The minimum absolute atomic E-state index is 0.134. The van der Waals surface area contributed by atoms with Gasteiger partial charge in [0.1, 0.15) is 29.6 Å². The van der Waals surface area contributed by atoms with Gasteiger partial charge >= 0.3 is 0 Å². The van der Waals surface area contributed by atoms with Gasteiger partial charge in [-0.15, -0.1) is 0 Å². The minimum Gasteiger partial charge on any atom is -0.366 e. The average Bonchev–Trinajstić information content (AvgIpc) is 3.35. The van der Waals surface area contributed by atoms with E-state index in [4.69, 9.17) is 9.26 Å². The average molecular weight is 410 g/mol. The highest BCUT2D eigenvalue weighted by molar-refractivity contribution is 5.99. The third-order valence-corrected chi connectivity index (χ3v) is 5.72. The lowest BCUT2D eigenvalue weighted by molar-refractivity contribution is -0.131. The first-order valence-corrected chi connectivity index (χ1v) is 10.0. The molecule has 0 spiro atoms. The molecule has 4 heterocycles. The number of carbonyl (C=O) groups excluding carboxylic acids is 1. The summed E-state index contributed by atoms with van der Waals surface area (Å²) in [4.78, 5) is 23.7. The van der Waals surface area contributed by atoms with Crippen LogP contribution in [0.25, 0.3) is 17.2 Å². The Labute approximate surface area is 170 Å². The van der Waals surface area contributed by atoms with Crippen molar-refractivity contribution in [2.24, 2.45) is 0 Å². The van der Waals surface area contributed by atoms with Gasteiger partial charge in [-0.25, -0.2) is 9.37 Å². The van der Waals surface area contributed by atoms with E-state index in [1.165, 1.54) is 11.0 Å². The van der Waals surface area contributed by atoms with Crippen molar-refractivity contribution in [3.8, 4) is 17.2 Å². The number of morpholine rings is 1. The molecule has 2 aliphatic heterocycles. The number of fused-ring (bicyclic) bond motifs is 3. The first kappa shape index (κ1) is 17.7. The molecule has 3 aliphatic rings. The summed E-state index contributed by atoms with van der Waals surface area (Å²) in [6.07, 6.45) is 3.03. The van der Waals surface area contributed by atoms with Gasteiger partial charge in [0, 0.05) is 19.0 Å². The number of halogens is 1. The van der Waals surface area contributed by atoms with Crippen molar-refractivity contribution in [1.82, 2.24) is 25.0 Å². The van der Waals surface area contributed by atoms with Gasteiger partial charge in [-0.3, -0.25) is 14.3 Å². The number of para-hydroxylation sites is 1. The molecule has 3 aromatic rings. The lowest BCUT2D eigenvalue weighted by Gasteiger charge is -2.34. The van der Waals surface area contributed by atoms with Crippen LogP contribution in [-0.2, 0) is 16.1 Å². The summed E-state index contributed by atoms with van der Waals surface area (Å²) in [5, 5.41) is 7.23. The number of nitrogens with zero attached hydrogens (tertiary/aromatic N) is 5. The zero-order valence-electron chi connectivity index (χ0n) is 16.0. The molecule has 1 aromatic carbocycles. The molecule has 1 unspecified atom stereocenters. The Morgan fingerprint density at radius 2 is 2.20 bits per heavy atom. The van der Waals surface area contributed by atoms with Crippen LogP contribution in [0, 0.1) is 5.82 Å². The largest absolute Gasteiger partial charge is 0.366 e. The fourth-order valence-electron chi connectivity index (χ4n) is 4.03. The van der Waals surface area contributed by atoms with Crippen LogP contribution in [0.5, 0.6) is 0 Å². The monoisotopic (exact) mass is 410 g/mol. The van der Waals surface area contributed by atoms with Crippen molar-refractivity contribution in [3.05, 3.63) is 41.9 Å². The molecular weight excluding hydrogens is 391 g/mol. The molecule has 1 N–H and O–H groups in total. The molecule has 154 valence electrons. The molecule has 30 heavy (non-hydrogen) atoms. The Hall–Kier alpha value is -3.11. The number of aromatic nitrogens is 4. The van der Waals surface area contributed by atoms with Crippen LogP contribution < -0.4 is 10.2 Å². The normalized spacial score (nSPS) is 20.7. The molecule has 1 saturated carbocycles. The Bertz CT molecular complexity index is 1130. The highest BCUT2D eigenvalue weighted by Gasteiger charge is 2.37. The number of rotatable bonds is 3. The van der Waals surface area contributed by atoms with E-state index in [0.717, 1.165) is 12.8 Å². The standard InChI is InChI=1S/C20H19FN6O3/c21-12-2-1-3-13-17(12)26(20(28)15-8-22-6-7-29-15)9-14-16(23-10-27(13)14)18-24-19(30-25-18)11-4-5-11/h1-3,10-11,15,22H,4-9H2. The van der Waals surface area contributed by atoms with Crippen LogP contribution in [0.3, 0.4) is 0 Å². The Balaban J connectivity index is 1.44. The number of anilines is 1. The van der Waals surface area contributed by atoms with Crippen LogP contribution in [0.4, 0.5) is 10.1 Å². The van der Waals surface area contributed by atoms with E-state index in [9.17, 15) is 9.18 Å². The highest BCUT2D eigenvalue weighted by atomic mass is 19.1. The van der Waals surface area contributed by atoms with E-state index in [2.05, 4.69) is 20.4 Å². The SMILES string of the molecule is O=C(C1CNCCO1)N1Cc2c(-c3noc(C4CC4)n3)ncn2-c2cccc(F)c21. The second-order valence-electron chi connectivity index (χ2n) is 7.74. The number of ether oxygens (including phenoxy) is 1. The van der Waals surface area contributed by atoms with Crippen molar-refractivity contribution in [3.63, 3.8) is 0 Å². The van der Waals surface area contributed by atoms with Crippen molar-refractivity contribution in [2.75, 3.05) is 24.6 Å². The van der Waals surface area contributed by atoms with Gasteiger partial charge in [-0.2, -0.15) is 4.98 Å². The fraction of sp³-hybridized carbons (Fsp3) is 0.400. The molecule has 1 saturated heterocycles. The van der Waals surface area contributed by atoms with E-state index in [1.54, 1.807) is 23.0 Å². The maximum absolute atomic E-state index is 14.8. The third kappa shape index (κ3) is 2.75. The molecule has 1 aliphatic carbocycles. The van der Waals surface area contributed by atoms with Crippen LogP contribution in [-0.4, -0.2) is 51.4 Å². The van der Waals surface area contributed by atoms with Gasteiger partial charge in [0.2, 0.25) is 11.7 Å². The predicted molar refractivity (Wildman–Crippen MR) is 103 cm³/mol. The number of amides is 1. The third-order valence-electron chi connectivity index (χ3n) is 5.72. The number of nitrogens with one attached hydrogen (secondary N) is 1. The van der Waals surface area contributed by atoms with Gasteiger partial charge in [0.25, 0.3) is 5.91 Å². The Kier molecular flexibility index (Phi) is 3.96. The highest BCUT2D eigenvalue weighted by Crippen LogP contribution is 2.41. The molecule has 0 radical (unpaired) electrons. The number of imidazole rings is 1. The summed E-state index contributed by atoms with van der Waals surface area (Å²) in [6.45, 7) is 1.65. The van der Waals surface area contributed by atoms with Crippen molar-refractivity contribution < 1.29 is 18.4 Å². The molecule has 2 fully saturated rings. The molecule has 1 atom stereocenters. The number of hydrogen-bond acceptors (Lipinski definition) is 7. The van der Waals surface area contributed by atoms with Gasteiger partial charge < -0.3 is 14.6 Å². The first-order chi connectivity index (χ1) is 14.7. The van der Waals surface area contributed by atoms with E-state index in [1.807, 2.05) is 0 Å². The molecule has 6 rings (SSSR count). The van der Waals surface area contributed by atoms with Crippen LogP contribution in [0.2, 0.25) is 0 Å².